The number of Topliss-reactive ketones (excluding diaryl/α,β-unsaturated/α-hetero) is 1. The summed E-state index contributed by atoms with van der Waals surface area (Å²) in [6.07, 6.45) is 2.62. The van der Waals surface area contributed by atoms with E-state index in [1.807, 2.05) is 0 Å². The number of hydrogen-bond acceptors (Lipinski definition) is 4. The average molecular weight is 413 g/mol. The van der Waals surface area contributed by atoms with Crippen LogP contribution in [0.5, 0.6) is 0 Å². The van der Waals surface area contributed by atoms with E-state index in [9.17, 15) is 26.4 Å². The van der Waals surface area contributed by atoms with Crippen LogP contribution in [0.1, 0.15) is 24.1 Å². The van der Waals surface area contributed by atoms with Crippen molar-refractivity contribution in [1.82, 2.24) is 9.78 Å². The first-order valence-corrected chi connectivity index (χ1v) is 10.6. The Kier molecular flexibility index (Phi) is 4.68. The van der Waals surface area contributed by atoms with Gasteiger partial charge in [-0.25, -0.2) is 21.6 Å². The molecule has 1 aromatic heterocycles. The molecule has 6 nitrogen and oxygen atoms in total. The van der Waals surface area contributed by atoms with Gasteiger partial charge in [0.2, 0.25) is 10.0 Å². The fourth-order valence-corrected chi connectivity index (χ4v) is 5.44. The van der Waals surface area contributed by atoms with Gasteiger partial charge in [0.15, 0.2) is 17.5 Å². The third-order valence-corrected chi connectivity index (χ3v) is 7.16. The highest BCUT2D eigenvalue weighted by atomic mass is 32.2. The van der Waals surface area contributed by atoms with E-state index in [0.717, 1.165) is 12.1 Å². The summed E-state index contributed by atoms with van der Waals surface area (Å²) in [5, 5.41) is 4.24. The van der Waals surface area contributed by atoms with E-state index in [2.05, 4.69) is 5.10 Å². The second kappa shape index (κ2) is 6.91. The SMILES string of the molecule is O=C(Cc1cc(F)c(F)c(F)c1)C1CCn2ncc(N3CCCS3(=O)=O)c2C1. The summed E-state index contributed by atoms with van der Waals surface area (Å²) in [6, 6.07) is 1.65. The van der Waals surface area contributed by atoms with Gasteiger partial charge in [-0.05, 0) is 30.5 Å². The van der Waals surface area contributed by atoms with Crippen molar-refractivity contribution in [3.63, 3.8) is 0 Å². The van der Waals surface area contributed by atoms with E-state index in [0.29, 0.717) is 43.7 Å². The topological polar surface area (TPSA) is 72.3 Å². The first-order valence-electron chi connectivity index (χ1n) is 8.97. The fourth-order valence-electron chi connectivity index (χ4n) is 3.87. The van der Waals surface area contributed by atoms with Gasteiger partial charge in [-0.1, -0.05) is 0 Å². The van der Waals surface area contributed by atoms with Crippen LogP contribution in [-0.2, 0) is 34.2 Å². The number of hydrogen-bond donors (Lipinski definition) is 0. The minimum Gasteiger partial charge on any atom is -0.299 e. The van der Waals surface area contributed by atoms with Gasteiger partial charge in [0.1, 0.15) is 5.78 Å². The molecule has 3 heterocycles. The number of benzene rings is 1. The van der Waals surface area contributed by atoms with E-state index in [1.165, 1.54) is 10.5 Å². The molecule has 0 amide bonds. The molecule has 2 aromatic rings. The van der Waals surface area contributed by atoms with Gasteiger partial charge in [-0.15, -0.1) is 0 Å². The van der Waals surface area contributed by atoms with Crippen LogP contribution in [0, 0.1) is 23.4 Å². The van der Waals surface area contributed by atoms with Crippen LogP contribution in [0.4, 0.5) is 18.9 Å². The lowest BCUT2D eigenvalue weighted by Crippen LogP contribution is -2.30. The zero-order valence-electron chi connectivity index (χ0n) is 14.9. The molecule has 10 heteroatoms. The molecule has 0 bridgehead atoms. The predicted molar refractivity (Wildman–Crippen MR) is 94.8 cm³/mol. The maximum atomic E-state index is 13.4. The van der Waals surface area contributed by atoms with Crippen LogP contribution in [0.25, 0.3) is 0 Å². The highest BCUT2D eigenvalue weighted by Crippen LogP contribution is 2.33. The molecule has 0 saturated carbocycles. The largest absolute Gasteiger partial charge is 0.299 e. The summed E-state index contributed by atoms with van der Waals surface area (Å²) < 4.78 is 67.3. The lowest BCUT2D eigenvalue weighted by atomic mass is 9.88. The van der Waals surface area contributed by atoms with Crippen molar-refractivity contribution in [1.29, 1.82) is 0 Å². The van der Waals surface area contributed by atoms with Crippen molar-refractivity contribution in [2.24, 2.45) is 5.92 Å². The Morgan fingerprint density at radius 1 is 1.18 bits per heavy atom. The zero-order valence-corrected chi connectivity index (χ0v) is 15.7. The summed E-state index contributed by atoms with van der Waals surface area (Å²) in [5.41, 5.74) is 1.24. The van der Waals surface area contributed by atoms with Crippen molar-refractivity contribution < 1.29 is 26.4 Å². The Labute approximate surface area is 160 Å². The van der Waals surface area contributed by atoms with Gasteiger partial charge in [-0.2, -0.15) is 5.10 Å². The van der Waals surface area contributed by atoms with E-state index in [-0.39, 0.29) is 23.5 Å². The monoisotopic (exact) mass is 413 g/mol. The van der Waals surface area contributed by atoms with Crippen LogP contribution in [0.15, 0.2) is 18.3 Å². The van der Waals surface area contributed by atoms with Crippen molar-refractivity contribution in [3.05, 3.63) is 47.0 Å². The molecule has 0 aliphatic carbocycles. The third kappa shape index (κ3) is 3.30. The number of rotatable bonds is 4. The van der Waals surface area contributed by atoms with Gasteiger partial charge in [0.05, 0.1) is 23.3 Å². The highest BCUT2D eigenvalue weighted by Gasteiger charge is 2.35. The number of carbonyl (C=O) groups excluding carboxylic acids is 1. The molecule has 2 aliphatic heterocycles. The predicted octanol–water partition coefficient (Wildman–Crippen LogP) is 2.21. The van der Waals surface area contributed by atoms with Crippen molar-refractivity contribution in [3.8, 4) is 0 Å². The van der Waals surface area contributed by atoms with Crippen molar-refractivity contribution >= 4 is 21.5 Å². The Hall–Kier alpha value is -2.36. The first-order chi connectivity index (χ1) is 13.3. The second-order valence-corrected chi connectivity index (χ2v) is 9.16. The minimum absolute atomic E-state index is 0.0721. The summed E-state index contributed by atoms with van der Waals surface area (Å²) in [4.78, 5) is 12.7. The van der Waals surface area contributed by atoms with Gasteiger partial charge < -0.3 is 0 Å². The number of anilines is 1. The third-order valence-electron chi connectivity index (χ3n) is 5.30. The number of ketones is 1. The van der Waals surface area contributed by atoms with E-state index >= 15 is 0 Å². The number of aromatic nitrogens is 2. The summed E-state index contributed by atoms with van der Waals surface area (Å²) in [5.74, 6) is -4.79. The molecule has 1 fully saturated rings. The fraction of sp³-hybridized carbons (Fsp3) is 0.444. The van der Waals surface area contributed by atoms with Crippen LogP contribution < -0.4 is 4.31 Å². The molecular formula is C18H18F3N3O3S. The average Bonchev–Trinajstić information content (AvgIpc) is 3.20. The molecule has 1 saturated heterocycles. The molecule has 1 atom stereocenters. The van der Waals surface area contributed by atoms with Gasteiger partial charge >= 0.3 is 0 Å². The molecular weight excluding hydrogens is 395 g/mol. The molecule has 150 valence electrons. The van der Waals surface area contributed by atoms with Crippen molar-refractivity contribution in [2.45, 2.75) is 32.2 Å². The lowest BCUT2D eigenvalue weighted by Gasteiger charge is -2.25. The maximum absolute atomic E-state index is 13.4. The van der Waals surface area contributed by atoms with Crippen molar-refractivity contribution in [2.75, 3.05) is 16.6 Å². The second-order valence-electron chi connectivity index (χ2n) is 7.15. The summed E-state index contributed by atoms with van der Waals surface area (Å²) in [7, 11) is -3.37. The van der Waals surface area contributed by atoms with Gasteiger partial charge in [0, 0.05) is 31.8 Å². The standard InChI is InChI=1S/C18H18F3N3O3S/c19-13-6-11(7-14(20)18(13)21)8-17(25)12-2-4-23-15(9-12)16(10-22-23)24-3-1-5-28(24,26)27/h6-7,10,12H,1-5,8-9H2. The number of sulfonamides is 1. The Bertz CT molecular complexity index is 1030. The zero-order chi connectivity index (χ0) is 20.1. The van der Waals surface area contributed by atoms with E-state index in [1.54, 1.807) is 4.68 Å². The van der Waals surface area contributed by atoms with E-state index in [4.69, 9.17) is 0 Å². The number of carbonyl (C=O) groups is 1. The molecule has 2 aliphatic rings. The smallest absolute Gasteiger partial charge is 0.235 e. The Morgan fingerprint density at radius 3 is 2.54 bits per heavy atom. The normalized spacial score (nSPS) is 21.0. The minimum atomic E-state index is -3.37. The first kappa shape index (κ1) is 19.0. The molecule has 1 unspecified atom stereocenters. The quantitative estimate of drug-likeness (QED) is 0.721. The molecule has 1 aromatic carbocycles. The van der Waals surface area contributed by atoms with Crippen LogP contribution in [0.3, 0.4) is 0 Å². The molecule has 0 radical (unpaired) electrons. The maximum Gasteiger partial charge on any atom is 0.235 e. The molecule has 28 heavy (non-hydrogen) atoms. The summed E-state index contributed by atoms with van der Waals surface area (Å²) in [6.45, 7) is 0.833. The number of aryl methyl sites for hydroxylation is 1. The van der Waals surface area contributed by atoms with Crippen LogP contribution >= 0.6 is 0 Å². The lowest BCUT2D eigenvalue weighted by molar-refractivity contribution is -0.122. The van der Waals surface area contributed by atoms with E-state index < -0.39 is 33.4 Å². The van der Waals surface area contributed by atoms with Gasteiger partial charge in [0.25, 0.3) is 0 Å². The highest BCUT2D eigenvalue weighted by molar-refractivity contribution is 7.93. The molecule has 4 rings (SSSR count). The molecule has 0 spiro atoms. The van der Waals surface area contributed by atoms with Gasteiger partial charge in [-0.3, -0.25) is 13.8 Å². The Balaban J connectivity index is 1.54. The Morgan fingerprint density at radius 2 is 1.89 bits per heavy atom. The van der Waals surface area contributed by atoms with Crippen LogP contribution in [0.2, 0.25) is 0 Å². The number of fused-ring (bicyclic) bond motifs is 1. The molecule has 0 N–H and O–H groups in total. The number of halogens is 3. The summed E-state index contributed by atoms with van der Waals surface area (Å²) >= 11 is 0. The van der Waals surface area contributed by atoms with Crippen LogP contribution in [-0.4, -0.2) is 36.3 Å². The number of nitrogens with zero attached hydrogens (tertiary/aromatic N) is 3.